The Balaban J connectivity index is 2.05. The van der Waals surface area contributed by atoms with Gasteiger partial charge in [0.1, 0.15) is 0 Å². The summed E-state index contributed by atoms with van der Waals surface area (Å²) in [4.78, 5) is 16.0. The number of methoxy groups -OCH3 is 1. The number of hydrogen-bond acceptors (Lipinski definition) is 5. The lowest BCUT2D eigenvalue weighted by atomic mass is 10.1. The Labute approximate surface area is 151 Å². The number of fused-ring (bicyclic) bond motifs is 1. The third-order valence-corrected chi connectivity index (χ3v) is 4.34. The highest BCUT2D eigenvalue weighted by molar-refractivity contribution is 8.00. The number of nitrogens with one attached hydrogen (secondary N) is 1. The largest absolute Gasteiger partial charge is 0.465 e. The molecule has 0 spiro atoms. The minimum atomic E-state index is -4.41. The number of pyridine rings is 1. The van der Waals surface area contributed by atoms with E-state index in [2.05, 4.69) is 10.3 Å². The summed E-state index contributed by atoms with van der Waals surface area (Å²) in [5.74, 6) is -0.514. The first-order valence-corrected chi connectivity index (χ1v) is 8.28. The molecular weight excluding hydrogens is 365 g/mol. The predicted octanol–water partition coefficient (Wildman–Crippen LogP) is 5.38. The molecule has 0 aliphatic heterocycles. The lowest BCUT2D eigenvalue weighted by molar-refractivity contribution is -0.0327. The molecule has 1 heterocycles. The predicted molar refractivity (Wildman–Crippen MR) is 94.7 cm³/mol. The van der Waals surface area contributed by atoms with Crippen LogP contribution in [0.25, 0.3) is 10.9 Å². The summed E-state index contributed by atoms with van der Waals surface area (Å²) in [7, 11) is 1.28. The maximum absolute atomic E-state index is 12.8. The van der Waals surface area contributed by atoms with Crippen molar-refractivity contribution in [2.75, 3.05) is 12.4 Å². The number of thioether (sulfide) groups is 1. The van der Waals surface area contributed by atoms with Crippen LogP contribution >= 0.6 is 11.8 Å². The van der Waals surface area contributed by atoms with Crippen LogP contribution in [0.1, 0.15) is 10.4 Å². The van der Waals surface area contributed by atoms with Gasteiger partial charge in [0, 0.05) is 22.2 Å². The third-order valence-electron chi connectivity index (χ3n) is 3.56. The van der Waals surface area contributed by atoms with E-state index in [0.29, 0.717) is 22.3 Å². The summed E-state index contributed by atoms with van der Waals surface area (Å²) in [5.41, 5.74) is -2.83. The van der Waals surface area contributed by atoms with Crippen LogP contribution in [0, 0.1) is 0 Å². The number of esters is 1. The van der Waals surface area contributed by atoms with E-state index in [-0.39, 0.29) is 22.2 Å². The SMILES string of the molecule is COC(=O)c1ccccc1Nc1ccnc2c(SC(F)(F)F)cccc12. The monoisotopic (exact) mass is 378 g/mol. The Morgan fingerprint density at radius 2 is 1.85 bits per heavy atom. The fraction of sp³-hybridized carbons (Fsp3) is 0.111. The van der Waals surface area contributed by atoms with Gasteiger partial charge in [0.25, 0.3) is 0 Å². The highest BCUT2D eigenvalue weighted by Crippen LogP contribution is 2.40. The van der Waals surface area contributed by atoms with Gasteiger partial charge >= 0.3 is 11.5 Å². The molecule has 134 valence electrons. The first-order valence-electron chi connectivity index (χ1n) is 7.47. The van der Waals surface area contributed by atoms with Crippen molar-refractivity contribution in [2.24, 2.45) is 0 Å². The Morgan fingerprint density at radius 3 is 2.58 bits per heavy atom. The molecule has 2 aromatic carbocycles. The molecule has 0 aliphatic rings. The van der Waals surface area contributed by atoms with Crippen molar-refractivity contribution in [1.29, 1.82) is 0 Å². The van der Waals surface area contributed by atoms with Crippen LogP contribution in [0.2, 0.25) is 0 Å². The van der Waals surface area contributed by atoms with Gasteiger partial charge in [-0.05, 0) is 36.0 Å². The molecule has 0 unspecified atom stereocenters. The van der Waals surface area contributed by atoms with Crippen LogP contribution in [-0.2, 0) is 4.74 Å². The van der Waals surface area contributed by atoms with Crippen LogP contribution in [-0.4, -0.2) is 23.6 Å². The molecular formula is C18H13F3N2O2S. The van der Waals surface area contributed by atoms with E-state index < -0.39 is 11.5 Å². The number of ether oxygens (including phenoxy) is 1. The second-order valence-corrected chi connectivity index (χ2v) is 6.33. The van der Waals surface area contributed by atoms with E-state index in [4.69, 9.17) is 4.74 Å². The molecule has 3 aromatic rings. The van der Waals surface area contributed by atoms with Crippen molar-refractivity contribution in [3.8, 4) is 0 Å². The van der Waals surface area contributed by atoms with Crippen LogP contribution in [0.15, 0.2) is 59.6 Å². The Morgan fingerprint density at radius 1 is 1.08 bits per heavy atom. The number of carbonyl (C=O) groups excluding carboxylic acids is 1. The van der Waals surface area contributed by atoms with Crippen molar-refractivity contribution in [3.05, 3.63) is 60.3 Å². The number of hydrogen-bond donors (Lipinski definition) is 1. The van der Waals surface area contributed by atoms with Gasteiger partial charge in [-0.15, -0.1) is 0 Å². The van der Waals surface area contributed by atoms with Gasteiger partial charge < -0.3 is 10.1 Å². The fourth-order valence-corrected chi connectivity index (χ4v) is 3.15. The number of benzene rings is 2. The van der Waals surface area contributed by atoms with Gasteiger partial charge in [-0.25, -0.2) is 4.79 Å². The molecule has 3 rings (SSSR count). The normalized spacial score (nSPS) is 11.4. The van der Waals surface area contributed by atoms with Crippen molar-refractivity contribution in [1.82, 2.24) is 4.98 Å². The summed E-state index contributed by atoms with van der Waals surface area (Å²) >= 11 is -0.207. The summed E-state index contributed by atoms with van der Waals surface area (Å²) in [5, 5.41) is 3.60. The van der Waals surface area contributed by atoms with Crippen LogP contribution in [0.3, 0.4) is 0 Å². The zero-order valence-corrected chi connectivity index (χ0v) is 14.3. The molecule has 4 nitrogen and oxygen atoms in total. The number of rotatable bonds is 4. The second kappa shape index (κ2) is 7.25. The maximum atomic E-state index is 12.8. The third kappa shape index (κ3) is 3.91. The first-order chi connectivity index (χ1) is 12.4. The van der Waals surface area contributed by atoms with Gasteiger partial charge in [0.05, 0.1) is 23.9 Å². The summed E-state index contributed by atoms with van der Waals surface area (Å²) in [6.07, 6.45) is 1.42. The number of nitrogens with zero attached hydrogens (tertiary/aromatic N) is 1. The van der Waals surface area contributed by atoms with Crippen LogP contribution in [0.5, 0.6) is 0 Å². The van der Waals surface area contributed by atoms with Crippen molar-refractivity contribution in [3.63, 3.8) is 0 Å². The number of halogens is 3. The molecule has 0 fully saturated rings. The first kappa shape index (κ1) is 18.1. The molecule has 26 heavy (non-hydrogen) atoms. The van der Waals surface area contributed by atoms with E-state index in [1.54, 1.807) is 36.4 Å². The minimum absolute atomic E-state index is 0.0138. The number of anilines is 2. The zero-order valence-electron chi connectivity index (χ0n) is 13.5. The lowest BCUT2D eigenvalue weighted by Gasteiger charge is -2.14. The van der Waals surface area contributed by atoms with Gasteiger partial charge in [0.15, 0.2) is 0 Å². The van der Waals surface area contributed by atoms with E-state index in [9.17, 15) is 18.0 Å². The second-order valence-electron chi connectivity index (χ2n) is 5.22. The molecule has 0 bridgehead atoms. The summed E-state index contributed by atoms with van der Waals surface area (Å²) in [6.45, 7) is 0. The van der Waals surface area contributed by atoms with E-state index in [1.807, 2.05) is 0 Å². The fourth-order valence-electron chi connectivity index (χ4n) is 2.49. The zero-order chi connectivity index (χ0) is 18.7. The van der Waals surface area contributed by atoms with Crippen LogP contribution < -0.4 is 5.32 Å². The van der Waals surface area contributed by atoms with Gasteiger partial charge in [-0.2, -0.15) is 13.2 Å². The van der Waals surface area contributed by atoms with Gasteiger partial charge in [0.2, 0.25) is 0 Å². The molecule has 0 radical (unpaired) electrons. The van der Waals surface area contributed by atoms with Crippen LogP contribution in [0.4, 0.5) is 24.5 Å². The molecule has 0 amide bonds. The smallest absolute Gasteiger partial charge is 0.446 e. The average molecular weight is 378 g/mol. The molecule has 1 aromatic heterocycles. The number of aromatic nitrogens is 1. The summed E-state index contributed by atoms with van der Waals surface area (Å²) < 4.78 is 43.1. The standard InChI is InChI=1S/C18H13F3N2O2S/c1-25-17(24)12-5-2-3-7-13(12)23-14-9-10-22-16-11(14)6-4-8-15(16)26-18(19,20)21/h2-10H,1H3,(H,22,23). The molecule has 0 saturated carbocycles. The van der Waals surface area contributed by atoms with E-state index in [0.717, 1.165) is 0 Å². The van der Waals surface area contributed by atoms with E-state index in [1.165, 1.54) is 25.4 Å². The molecule has 0 atom stereocenters. The highest BCUT2D eigenvalue weighted by Gasteiger charge is 2.30. The van der Waals surface area contributed by atoms with Gasteiger partial charge in [-0.1, -0.05) is 24.3 Å². The Kier molecular flexibility index (Phi) is 5.03. The van der Waals surface area contributed by atoms with Crippen molar-refractivity contribution < 1.29 is 22.7 Å². The number of carbonyl (C=O) groups is 1. The molecule has 8 heteroatoms. The quantitative estimate of drug-likeness (QED) is 0.488. The molecule has 1 N–H and O–H groups in total. The minimum Gasteiger partial charge on any atom is -0.465 e. The number of alkyl halides is 3. The molecule has 0 saturated heterocycles. The average Bonchev–Trinajstić information content (AvgIpc) is 2.61. The van der Waals surface area contributed by atoms with Crippen molar-refractivity contribution >= 4 is 40.0 Å². The van der Waals surface area contributed by atoms with Gasteiger partial charge in [-0.3, -0.25) is 4.98 Å². The maximum Gasteiger partial charge on any atom is 0.446 e. The highest BCUT2D eigenvalue weighted by atomic mass is 32.2. The number of para-hydroxylation sites is 2. The lowest BCUT2D eigenvalue weighted by Crippen LogP contribution is -2.05. The Hall–Kier alpha value is -2.74. The summed E-state index contributed by atoms with van der Waals surface area (Å²) in [6, 6.07) is 12.9. The van der Waals surface area contributed by atoms with Crippen molar-refractivity contribution in [2.45, 2.75) is 10.4 Å². The topological polar surface area (TPSA) is 51.2 Å². The van der Waals surface area contributed by atoms with E-state index >= 15 is 0 Å². The Bertz CT molecular complexity index is 961. The molecule has 0 aliphatic carbocycles.